The van der Waals surface area contributed by atoms with Gasteiger partial charge in [0.2, 0.25) is 0 Å². The molecule has 1 unspecified atom stereocenters. The van der Waals surface area contributed by atoms with Crippen LogP contribution in [0, 0.1) is 0 Å². The second kappa shape index (κ2) is 4.97. The topological polar surface area (TPSA) is 71.0 Å². The highest BCUT2D eigenvalue weighted by Gasteiger charge is 2.25. The molecule has 2 heterocycles. The maximum absolute atomic E-state index is 11.0. The normalized spacial score (nSPS) is 22.1. The van der Waals surface area contributed by atoms with Gasteiger partial charge in [-0.25, -0.2) is 0 Å². The van der Waals surface area contributed by atoms with Crippen molar-refractivity contribution in [1.82, 2.24) is 5.32 Å². The molecule has 0 saturated carbocycles. The average Bonchev–Trinajstić information content (AvgIpc) is 2.47. The van der Waals surface area contributed by atoms with Crippen molar-refractivity contribution in [3.8, 4) is 11.5 Å². The summed E-state index contributed by atoms with van der Waals surface area (Å²) in [6.45, 7) is 3.01. The van der Waals surface area contributed by atoms with E-state index in [1.54, 1.807) is 0 Å². The predicted molar refractivity (Wildman–Crippen MR) is 69.1 cm³/mol. The molecule has 2 aliphatic rings. The third-order valence-corrected chi connectivity index (χ3v) is 3.36. The monoisotopic (exact) mass is 264 g/mol. The zero-order valence-electron chi connectivity index (χ0n) is 10.5. The van der Waals surface area contributed by atoms with E-state index in [1.807, 2.05) is 23.1 Å². The van der Waals surface area contributed by atoms with Crippen LogP contribution in [0.5, 0.6) is 11.5 Å². The van der Waals surface area contributed by atoms with E-state index in [1.165, 1.54) is 0 Å². The number of piperazine rings is 1. The summed E-state index contributed by atoms with van der Waals surface area (Å²) in [5.74, 6) is 0.663. The molecule has 3 rings (SSSR count). The Balaban J connectivity index is 1.79. The highest BCUT2D eigenvalue weighted by molar-refractivity contribution is 5.75. The summed E-state index contributed by atoms with van der Waals surface area (Å²) in [5.41, 5.74) is 0.969. The van der Waals surface area contributed by atoms with Gasteiger partial charge in [0.25, 0.3) is 0 Å². The third kappa shape index (κ3) is 2.44. The molecule has 19 heavy (non-hydrogen) atoms. The number of benzene rings is 1. The minimum atomic E-state index is -0.817. The SMILES string of the molecule is O=C(O)C1CN(c2ccc3c(c2)OCCO3)CCN1. The first-order chi connectivity index (χ1) is 9.24. The lowest BCUT2D eigenvalue weighted by atomic mass is 10.1. The Labute approximate surface area is 110 Å². The highest BCUT2D eigenvalue weighted by atomic mass is 16.6. The highest BCUT2D eigenvalue weighted by Crippen LogP contribution is 2.34. The molecule has 2 aliphatic heterocycles. The third-order valence-electron chi connectivity index (χ3n) is 3.36. The molecule has 1 aromatic carbocycles. The van der Waals surface area contributed by atoms with E-state index in [2.05, 4.69) is 5.32 Å². The predicted octanol–water partition coefficient (Wildman–Crippen LogP) is 0.321. The number of hydrogen-bond acceptors (Lipinski definition) is 5. The van der Waals surface area contributed by atoms with Crippen molar-refractivity contribution in [3.05, 3.63) is 18.2 Å². The molecule has 102 valence electrons. The van der Waals surface area contributed by atoms with Crippen LogP contribution in [-0.2, 0) is 4.79 Å². The number of hydrogen-bond donors (Lipinski definition) is 2. The first-order valence-electron chi connectivity index (χ1n) is 6.35. The van der Waals surface area contributed by atoms with Crippen molar-refractivity contribution >= 4 is 11.7 Å². The fraction of sp³-hybridized carbons (Fsp3) is 0.462. The number of aliphatic carboxylic acids is 1. The molecule has 0 spiro atoms. The van der Waals surface area contributed by atoms with Gasteiger partial charge in [0.15, 0.2) is 11.5 Å². The lowest BCUT2D eigenvalue weighted by Crippen LogP contribution is -2.54. The maximum Gasteiger partial charge on any atom is 0.322 e. The van der Waals surface area contributed by atoms with Crippen molar-refractivity contribution in [3.63, 3.8) is 0 Å². The second-order valence-electron chi connectivity index (χ2n) is 4.62. The molecular weight excluding hydrogens is 248 g/mol. The summed E-state index contributed by atoms with van der Waals surface area (Å²) in [5, 5.41) is 12.0. The Hall–Kier alpha value is -1.95. The minimum Gasteiger partial charge on any atom is -0.486 e. The Morgan fingerprint density at radius 2 is 2.11 bits per heavy atom. The van der Waals surface area contributed by atoms with Crippen LogP contribution in [0.15, 0.2) is 18.2 Å². The van der Waals surface area contributed by atoms with Gasteiger partial charge >= 0.3 is 5.97 Å². The number of carboxylic acids is 1. The molecule has 0 aliphatic carbocycles. The van der Waals surface area contributed by atoms with Gasteiger partial charge in [-0.05, 0) is 12.1 Å². The fourth-order valence-corrected chi connectivity index (χ4v) is 2.38. The van der Waals surface area contributed by atoms with Gasteiger partial charge in [-0.15, -0.1) is 0 Å². The van der Waals surface area contributed by atoms with Crippen LogP contribution in [0.2, 0.25) is 0 Å². The number of fused-ring (bicyclic) bond motifs is 1. The minimum absolute atomic E-state index is 0.453. The van der Waals surface area contributed by atoms with Crippen LogP contribution in [0.25, 0.3) is 0 Å². The Kier molecular flexibility index (Phi) is 3.16. The molecule has 1 atom stereocenters. The van der Waals surface area contributed by atoms with Crippen LogP contribution in [0.1, 0.15) is 0 Å². The van der Waals surface area contributed by atoms with Crippen LogP contribution in [0.3, 0.4) is 0 Å². The zero-order chi connectivity index (χ0) is 13.2. The maximum atomic E-state index is 11.0. The van der Waals surface area contributed by atoms with Crippen molar-refractivity contribution in [2.75, 3.05) is 37.7 Å². The van der Waals surface area contributed by atoms with E-state index in [9.17, 15) is 4.79 Å². The summed E-state index contributed by atoms with van der Waals surface area (Å²) in [4.78, 5) is 13.1. The van der Waals surface area contributed by atoms with E-state index < -0.39 is 12.0 Å². The Morgan fingerprint density at radius 1 is 1.32 bits per heavy atom. The van der Waals surface area contributed by atoms with Crippen molar-refractivity contribution in [1.29, 1.82) is 0 Å². The van der Waals surface area contributed by atoms with Crippen molar-refractivity contribution in [2.24, 2.45) is 0 Å². The molecule has 2 N–H and O–H groups in total. The Bertz CT molecular complexity index is 492. The molecule has 6 nitrogen and oxygen atoms in total. The van der Waals surface area contributed by atoms with Gasteiger partial charge < -0.3 is 24.8 Å². The van der Waals surface area contributed by atoms with Gasteiger partial charge in [-0.2, -0.15) is 0 Å². The van der Waals surface area contributed by atoms with Gasteiger partial charge in [-0.1, -0.05) is 0 Å². The van der Waals surface area contributed by atoms with Gasteiger partial charge in [0.1, 0.15) is 19.3 Å². The number of anilines is 1. The quantitative estimate of drug-likeness (QED) is 0.801. The number of rotatable bonds is 2. The lowest BCUT2D eigenvalue weighted by molar-refractivity contribution is -0.139. The molecule has 0 bridgehead atoms. The average molecular weight is 264 g/mol. The Morgan fingerprint density at radius 3 is 2.89 bits per heavy atom. The molecule has 6 heteroatoms. The number of nitrogens with one attached hydrogen (secondary N) is 1. The molecule has 0 radical (unpaired) electrons. The number of carbonyl (C=O) groups is 1. The summed E-state index contributed by atoms with van der Waals surface area (Å²) in [6.07, 6.45) is 0. The molecule has 0 aromatic heterocycles. The molecule has 1 fully saturated rings. The van der Waals surface area contributed by atoms with Crippen LogP contribution >= 0.6 is 0 Å². The van der Waals surface area contributed by atoms with E-state index in [-0.39, 0.29) is 0 Å². The van der Waals surface area contributed by atoms with E-state index in [4.69, 9.17) is 14.6 Å². The first-order valence-corrected chi connectivity index (χ1v) is 6.35. The van der Waals surface area contributed by atoms with Crippen LogP contribution in [-0.4, -0.2) is 50.0 Å². The number of ether oxygens (including phenoxy) is 2. The number of nitrogens with zero attached hydrogens (tertiary/aromatic N) is 1. The van der Waals surface area contributed by atoms with Gasteiger partial charge in [-0.3, -0.25) is 4.79 Å². The van der Waals surface area contributed by atoms with E-state index >= 15 is 0 Å². The molecule has 0 amide bonds. The van der Waals surface area contributed by atoms with E-state index in [0.717, 1.165) is 23.7 Å². The van der Waals surface area contributed by atoms with Crippen LogP contribution in [0.4, 0.5) is 5.69 Å². The van der Waals surface area contributed by atoms with Gasteiger partial charge in [0, 0.05) is 31.4 Å². The lowest BCUT2D eigenvalue weighted by Gasteiger charge is -2.33. The summed E-state index contributed by atoms with van der Waals surface area (Å²) in [7, 11) is 0. The summed E-state index contributed by atoms with van der Waals surface area (Å²) < 4.78 is 11.0. The summed E-state index contributed by atoms with van der Waals surface area (Å²) >= 11 is 0. The van der Waals surface area contributed by atoms with Crippen molar-refractivity contribution in [2.45, 2.75) is 6.04 Å². The number of carboxylic acid groups (broad SMARTS) is 1. The van der Waals surface area contributed by atoms with Gasteiger partial charge in [0.05, 0.1) is 0 Å². The van der Waals surface area contributed by atoms with Crippen LogP contribution < -0.4 is 19.7 Å². The molecule has 1 saturated heterocycles. The fourth-order valence-electron chi connectivity index (χ4n) is 2.38. The largest absolute Gasteiger partial charge is 0.486 e. The van der Waals surface area contributed by atoms with Crippen molar-refractivity contribution < 1.29 is 19.4 Å². The molecular formula is C13H16N2O4. The standard InChI is InChI=1S/C13H16N2O4/c16-13(17)10-8-15(4-3-14-10)9-1-2-11-12(7-9)19-6-5-18-11/h1-2,7,10,14H,3-6,8H2,(H,16,17). The zero-order valence-corrected chi connectivity index (χ0v) is 10.5. The second-order valence-corrected chi connectivity index (χ2v) is 4.62. The molecule has 1 aromatic rings. The summed E-state index contributed by atoms with van der Waals surface area (Å²) in [6, 6.07) is 5.21. The van der Waals surface area contributed by atoms with E-state index in [0.29, 0.717) is 26.3 Å². The smallest absolute Gasteiger partial charge is 0.322 e. The first kappa shape index (κ1) is 12.1.